The largest absolute Gasteiger partial charge is 0.478 e. The van der Waals surface area contributed by atoms with Crippen molar-refractivity contribution in [2.75, 3.05) is 26.3 Å². The molecule has 0 aromatic heterocycles. The molecule has 0 spiro atoms. The second kappa shape index (κ2) is 5.88. The topological polar surface area (TPSA) is 104 Å². The first-order chi connectivity index (χ1) is 9.46. The summed E-state index contributed by atoms with van der Waals surface area (Å²) < 4.78 is 31.3. The Labute approximate surface area is 116 Å². The van der Waals surface area contributed by atoms with Crippen LogP contribution in [0.25, 0.3) is 0 Å². The van der Waals surface area contributed by atoms with Gasteiger partial charge in [-0.1, -0.05) is 12.1 Å². The van der Waals surface area contributed by atoms with Gasteiger partial charge < -0.3 is 14.9 Å². The van der Waals surface area contributed by atoms with E-state index in [1.165, 1.54) is 24.3 Å². The Morgan fingerprint density at radius 1 is 1.40 bits per heavy atom. The molecule has 1 atom stereocenters. The summed E-state index contributed by atoms with van der Waals surface area (Å²) in [5, 5.41) is 18.1. The molecule has 0 radical (unpaired) electrons. The highest BCUT2D eigenvalue weighted by molar-refractivity contribution is 7.89. The first kappa shape index (κ1) is 14.9. The molecule has 0 bridgehead atoms. The Morgan fingerprint density at radius 3 is 2.75 bits per heavy atom. The molecule has 0 aliphatic carbocycles. The number of hydrogen-bond acceptors (Lipinski definition) is 5. The molecule has 1 aliphatic heterocycles. The molecule has 1 saturated heterocycles. The molecule has 1 aromatic rings. The van der Waals surface area contributed by atoms with Crippen molar-refractivity contribution < 1.29 is 28.2 Å². The van der Waals surface area contributed by atoms with Gasteiger partial charge in [0.15, 0.2) is 0 Å². The average molecular weight is 301 g/mol. The summed E-state index contributed by atoms with van der Waals surface area (Å²) in [5.41, 5.74) is -0.264. The highest BCUT2D eigenvalue weighted by Crippen LogP contribution is 2.22. The van der Waals surface area contributed by atoms with Crippen LogP contribution in [0.4, 0.5) is 0 Å². The van der Waals surface area contributed by atoms with Gasteiger partial charge in [0, 0.05) is 13.1 Å². The lowest BCUT2D eigenvalue weighted by molar-refractivity contribution is -0.0304. The van der Waals surface area contributed by atoms with Gasteiger partial charge in [0.25, 0.3) is 0 Å². The lowest BCUT2D eigenvalue weighted by Crippen LogP contribution is -2.47. The number of carbonyl (C=O) groups is 1. The molecule has 1 aromatic carbocycles. The molecule has 1 heterocycles. The van der Waals surface area contributed by atoms with Gasteiger partial charge in [-0.2, -0.15) is 4.31 Å². The number of sulfonamides is 1. The fraction of sp³-hybridized carbons (Fsp3) is 0.417. The minimum Gasteiger partial charge on any atom is -0.478 e. The number of benzene rings is 1. The Bertz CT molecular complexity index is 600. The van der Waals surface area contributed by atoms with E-state index < -0.39 is 22.1 Å². The van der Waals surface area contributed by atoms with Crippen molar-refractivity contribution in [2.24, 2.45) is 0 Å². The number of aliphatic hydroxyl groups is 1. The van der Waals surface area contributed by atoms with Gasteiger partial charge in [-0.05, 0) is 12.1 Å². The zero-order valence-electron chi connectivity index (χ0n) is 10.6. The van der Waals surface area contributed by atoms with E-state index in [4.69, 9.17) is 14.9 Å². The Hall–Kier alpha value is -1.48. The highest BCUT2D eigenvalue weighted by atomic mass is 32.2. The summed E-state index contributed by atoms with van der Waals surface area (Å²) in [5.74, 6) is -1.30. The van der Waals surface area contributed by atoms with Crippen LogP contribution in [0.2, 0.25) is 0 Å². The van der Waals surface area contributed by atoms with Crippen LogP contribution in [0, 0.1) is 0 Å². The fourth-order valence-corrected chi connectivity index (χ4v) is 3.67. The van der Waals surface area contributed by atoms with Gasteiger partial charge in [-0.15, -0.1) is 0 Å². The third kappa shape index (κ3) is 2.83. The van der Waals surface area contributed by atoms with Gasteiger partial charge >= 0.3 is 5.97 Å². The number of rotatable bonds is 4. The van der Waals surface area contributed by atoms with Gasteiger partial charge in [0.2, 0.25) is 10.0 Å². The second-order valence-corrected chi connectivity index (χ2v) is 6.25. The molecule has 8 heteroatoms. The third-order valence-electron chi connectivity index (χ3n) is 3.04. The predicted octanol–water partition coefficient (Wildman–Crippen LogP) is -0.233. The van der Waals surface area contributed by atoms with Gasteiger partial charge in [0.1, 0.15) is 0 Å². The molecule has 2 N–H and O–H groups in total. The molecular weight excluding hydrogens is 286 g/mol. The summed E-state index contributed by atoms with van der Waals surface area (Å²) >= 11 is 0. The van der Waals surface area contributed by atoms with Crippen LogP contribution in [0.5, 0.6) is 0 Å². The fourth-order valence-electron chi connectivity index (χ4n) is 2.03. The Kier molecular flexibility index (Phi) is 4.39. The smallest absolute Gasteiger partial charge is 0.337 e. The first-order valence-corrected chi connectivity index (χ1v) is 7.45. The standard InChI is InChI=1S/C12H15NO6S/c14-8-9-7-13(5-6-19-9)20(17,18)11-4-2-1-3-10(11)12(15)16/h1-4,9,14H,5-8H2,(H,15,16). The first-order valence-electron chi connectivity index (χ1n) is 6.01. The number of nitrogens with zero attached hydrogens (tertiary/aromatic N) is 1. The predicted molar refractivity (Wildman–Crippen MR) is 69.0 cm³/mol. The van der Waals surface area contributed by atoms with E-state index in [2.05, 4.69) is 0 Å². The highest BCUT2D eigenvalue weighted by Gasteiger charge is 2.32. The molecule has 0 saturated carbocycles. The summed E-state index contributed by atoms with van der Waals surface area (Å²) in [4.78, 5) is 10.9. The van der Waals surface area contributed by atoms with E-state index >= 15 is 0 Å². The molecule has 110 valence electrons. The number of aliphatic hydroxyl groups excluding tert-OH is 1. The molecule has 1 aliphatic rings. The van der Waals surface area contributed by atoms with Gasteiger partial charge in [-0.25, -0.2) is 13.2 Å². The second-order valence-electron chi connectivity index (χ2n) is 4.34. The maximum Gasteiger partial charge on any atom is 0.337 e. The lowest BCUT2D eigenvalue weighted by atomic mass is 10.2. The number of carboxylic acids is 1. The minimum absolute atomic E-state index is 0.00673. The van der Waals surface area contributed by atoms with Crippen molar-refractivity contribution >= 4 is 16.0 Å². The number of aromatic carboxylic acids is 1. The van der Waals surface area contributed by atoms with E-state index in [-0.39, 0.29) is 36.8 Å². The third-order valence-corrected chi connectivity index (χ3v) is 4.96. The van der Waals surface area contributed by atoms with E-state index in [9.17, 15) is 13.2 Å². The Morgan fingerprint density at radius 2 is 2.10 bits per heavy atom. The van der Waals surface area contributed by atoms with Crippen molar-refractivity contribution in [2.45, 2.75) is 11.0 Å². The molecular formula is C12H15NO6S. The van der Waals surface area contributed by atoms with Gasteiger partial charge in [-0.3, -0.25) is 0 Å². The molecule has 7 nitrogen and oxygen atoms in total. The monoisotopic (exact) mass is 301 g/mol. The van der Waals surface area contributed by atoms with Crippen LogP contribution in [-0.2, 0) is 14.8 Å². The maximum atomic E-state index is 12.5. The van der Waals surface area contributed by atoms with Crippen LogP contribution in [0.3, 0.4) is 0 Å². The molecule has 1 unspecified atom stereocenters. The summed E-state index contributed by atoms with van der Waals surface area (Å²) in [6.07, 6.45) is -0.587. The van der Waals surface area contributed by atoms with E-state index in [0.717, 1.165) is 4.31 Å². The van der Waals surface area contributed by atoms with E-state index in [1.54, 1.807) is 0 Å². The maximum absolute atomic E-state index is 12.5. The normalized spacial score (nSPS) is 20.8. The van der Waals surface area contributed by atoms with Crippen LogP contribution < -0.4 is 0 Å². The quantitative estimate of drug-likeness (QED) is 0.796. The van der Waals surface area contributed by atoms with E-state index in [1.807, 2.05) is 0 Å². The van der Waals surface area contributed by atoms with Crippen LogP contribution in [-0.4, -0.2) is 61.3 Å². The van der Waals surface area contributed by atoms with Crippen molar-refractivity contribution in [3.8, 4) is 0 Å². The van der Waals surface area contributed by atoms with Crippen molar-refractivity contribution in [3.05, 3.63) is 29.8 Å². The number of carboxylic acid groups (broad SMARTS) is 1. The minimum atomic E-state index is -3.92. The van der Waals surface area contributed by atoms with Crippen molar-refractivity contribution in [1.29, 1.82) is 0 Å². The number of morpholine rings is 1. The molecule has 0 amide bonds. The lowest BCUT2D eigenvalue weighted by Gasteiger charge is -2.31. The van der Waals surface area contributed by atoms with Gasteiger partial charge in [0.05, 0.1) is 29.8 Å². The van der Waals surface area contributed by atoms with Crippen molar-refractivity contribution in [1.82, 2.24) is 4.31 Å². The molecule has 20 heavy (non-hydrogen) atoms. The SMILES string of the molecule is O=C(O)c1ccccc1S(=O)(=O)N1CCOC(CO)C1. The van der Waals surface area contributed by atoms with Crippen molar-refractivity contribution in [3.63, 3.8) is 0 Å². The van der Waals surface area contributed by atoms with Crippen LogP contribution in [0.1, 0.15) is 10.4 Å². The zero-order valence-corrected chi connectivity index (χ0v) is 11.4. The molecule has 2 rings (SSSR count). The zero-order chi connectivity index (χ0) is 14.8. The Balaban J connectivity index is 2.38. The molecule has 1 fully saturated rings. The summed E-state index contributed by atoms with van der Waals surface area (Å²) in [6, 6.07) is 5.46. The van der Waals surface area contributed by atoms with Crippen LogP contribution >= 0.6 is 0 Å². The number of hydrogen-bond donors (Lipinski definition) is 2. The van der Waals surface area contributed by atoms with E-state index in [0.29, 0.717) is 0 Å². The summed E-state index contributed by atoms with van der Waals surface area (Å²) in [6.45, 7) is 0.0197. The average Bonchev–Trinajstić information content (AvgIpc) is 2.47. The van der Waals surface area contributed by atoms with Crippen LogP contribution in [0.15, 0.2) is 29.2 Å². The summed E-state index contributed by atoms with van der Waals surface area (Å²) in [7, 11) is -3.92. The number of ether oxygens (including phenoxy) is 1.